The minimum absolute atomic E-state index is 0.00751. The van der Waals surface area contributed by atoms with Crippen LogP contribution in [0.5, 0.6) is 0 Å². The highest BCUT2D eigenvalue weighted by Gasteiger charge is 2.36. The summed E-state index contributed by atoms with van der Waals surface area (Å²) < 4.78 is 13.6. The summed E-state index contributed by atoms with van der Waals surface area (Å²) in [6, 6.07) is -0.00751. The monoisotopic (exact) mass is 244 g/mol. The van der Waals surface area contributed by atoms with E-state index in [1.807, 2.05) is 0 Å². The molecule has 0 bridgehead atoms. The van der Waals surface area contributed by atoms with Crippen LogP contribution in [0.15, 0.2) is 6.20 Å². The highest BCUT2D eigenvalue weighted by molar-refractivity contribution is 6.28. The molecule has 1 aromatic heterocycles. The Labute approximate surface area is 98.2 Å². The summed E-state index contributed by atoms with van der Waals surface area (Å²) in [7, 11) is 0. The Balaban J connectivity index is 2.37. The molecule has 0 radical (unpaired) electrons. The SMILES string of the molecule is NC1CCCC(N)(c2nc(Cl)ncc2F)C1. The third-order valence-corrected chi connectivity index (χ3v) is 3.19. The van der Waals surface area contributed by atoms with E-state index in [-0.39, 0.29) is 17.0 Å². The fourth-order valence-corrected chi connectivity index (χ4v) is 2.39. The van der Waals surface area contributed by atoms with Gasteiger partial charge in [-0.05, 0) is 37.3 Å². The number of rotatable bonds is 1. The van der Waals surface area contributed by atoms with Crippen LogP contribution < -0.4 is 11.5 Å². The predicted molar refractivity (Wildman–Crippen MR) is 59.3 cm³/mol. The highest BCUT2D eigenvalue weighted by Crippen LogP contribution is 2.34. The zero-order valence-corrected chi connectivity index (χ0v) is 9.54. The quantitative estimate of drug-likeness (QED) is 0.731. The zero-order chi connectivity index (χ0) is 11.8. The Morgan fingerprint density at radius 2 is 2.31 bits per heavy atom. The molecule has 4 nitrogen and oxygen atoms in total. The van der Waals surface area contributed by atoms with Crippen molar-refractivity contribution in [3.05, 3.63) is 23.0 Å². The molecule has 2 rings (SSSR count). The van der Waals surface area contributed by atoms with Gasteiger partial charge in [0.05, 0.1) is 11.7 Å². The largest absolute Gasteiger partial charge is 0.328 e. The lowest BCUT2D eigenvalue weighted by Crippen LogP contribution is -2.47. The van der Waals surface area contributed by atoms with E-state index in [1.54, 1.807) is 0 Å². The van der Waals surface area contributed by atoms with Gasteiger partial charge in [-0.15, -0.1) is 0 Å². The second-order valence-corrected chi connectivity index (χ2v) is 4.69. The van der Waals surface area contributed by atoms with Crippen LogP contribution in [0.25, 0.3) is 0 Å². The molecular weight excluding hydrogens is 231 g/mol. The molecule has 1 fully saturated rings. The highest BCUT2D eigenvalue weighted by atomic mass is 35.5. The van der Waals surface area contributed by atoms with Crippen LogP contribution in [0, 0.1) is 5.82 Å². The number of nitrogens with zero attached hydrogens (tertiary/aromatic N) is 2. The van der Waals surface area contributed by atoms with E-state index < -0.39 is 11.4 Å². The van der Waals surface area contributed by atoms with E-state index in [1.165, 1.54) is 0 Å². The second-order valence-electron chi connectivity index (χ2n) is 4.35. The average molecular weight is 245 g/mol. The van der Waals surface area contributed by atoms with Gasteiger partial charge in [0.15, 0.2) is 5.82 Å². The van der Waals surface area contributed by atoms with Crippen molar-refractivity contribution in [3.63, 3.8) is 0 Å². The lowest BCUT2D eigenvalue weighted by atomic mass is 9.77. The number of hydrogen-bond acceptors (Lipinski definition) is 4. The van der Waals surface area contributed by atoms with Gasteiger partial charge in [0.1, 0.15) is 5.69 Å². The molecule has 4 N–H and O–H groups in total. The van der Waals surface area contributed by atoms with Gasteiger partial charge >= 0.3 is 0 Å². The molecule has 1 saturated carbocycles. The summed E-state index contributed by atoms with van der Waals surface area (Å²) in [4.78, 5) is 7.48. The van der Waals surface area contributed by atoms with Crippen molar-refractivity contribution in [1.29, 1.82) is 0 Å². The molecule has 0 saturated heterocycles. The van der Waals surface area contributed by atoms with Crippen LogP contribution in [-0.2, 0) is 5.54 Å². The van der Waals surface area contributed by atoms with Gasteiger partial charge < -0.3 is 11.5 Å². The molecule has 0 aromatic carbocycles. The van der Waals surface area contributed by atoms with Crippen LogP contribution in [0.4, 0.5) is 4.39 Å². The normalized spacial score (nSPS) is 30.4. The van der Waals surface area contributed by atoms with Crippen molar-refractivity contribution in [2.24, 2.45) is 11.5 Å². The van der Waals surface area contributed by atoms with E-state index in [2.05, 4.69) is 9.97 Å². The third-order valence-electron chi connectivity index (χ3n) is 3.01. The molecule has 1 heterocycles. The molecule has 1 aliphatic rings. The van der Waals surface area contributed by atoms with Gasteiger partial charge in [-0.2, -0.15) is 0 Å². The van der Waals surface area contributed by atoms with Crippen molar-refractivity contribution < 1.29 is 4.39 Å². The Morgan fingerprint density at radius 3 is 3.00 bits per heavy atom. The van der Waals surface area contributed by atoms with Crippen molar-refractivity contribution in [2.75, 3.05) is 0 Å². The van der Waals surface area contributed by atoms with E-state index in [4.69, 9.17) is 23.1 Å². The summed E-state index contributed by atoms with van der Waals surface area (Å²) >= 11 is 5.66. The van der Waals surface area contributed by atoms with Gasteiger partial charge in [0.2, 0.25) is 5.28 Å². The van der Waals surface area contributed by atoms with E-state index >= 15 is 0 Å². The van der Waals surface area contributed by atoms with Gasteiger partial charge in [0.25, 0.3) is 0 Å². The van der Waals surface area contributed by atoms with Gasteiger partial charge in [0, 0.05) is 6.04 Å². The molecule has 2 unspecified atom stereocenters. The van der Waals surface area contributed by atoms with Crippen LogP contribution in [0.3, 0.4) is 0 Å². The first kappa shape index (κ1) is 11.7. The second kappa shape index (κ2) is 4.24. The van der Waals surface area contributed by atoms with Gasteiger partial charge in [-0.3, -0.25) is 0 Å². The van der Waals surface area contributed by atoms with Crippen LogP contribution in [-0.4, -0.2) is 16.0 Å². The lowest BCUT2D eigenvalue weighted by molar-refractivity contribution is 0.258. The molecule has 16 heavy (non-hydrogen) atoms. The minimum Gasteiger partial charge on any atom is -0.328 e. The Hall–Kier alpha value is -0.780. The van der Waals surface area contributed by atoms with Crippen molar-refractivity contribution in [3.8, 4) is 0 Å². The van der Waals surface area contributed by atoms with Crippen LogP contribution >= 0.6 is 11.6 Å². The summed E-state index contributed by atoms with van der Waals surface area (Å²) in [5.41, 5.74) is 11.4. The zero-order valence-electron chi connectivity index (χ0n) is 8.79. The Kier molecular flexibility index (Phi) is 3.10. The predicted octanol–water partition coefficient (Wildman–Crippen LogP) is 1.32. The van der Waals surface area contributed by atoms with Crippen LogP contribution in [0.1, 0.15) is 31.4 Å². The maximum absolute atomic E-state index is 13.6. The maximum Gasteiger partial charge on any atom is 0.222 e. The van der Waals surface area contributed by atoms with Gasteiger partial charge in [-0.1, -0.05) is 0 Å². The maximum atomic E-state index is 13.6. The Bertz CT molecular complexity index is 400. The molecule has 0 aliphatic heterocycles. The van der Waals surface area contributed by atoms with Crippen molar-refractivity contribution in [2.45, 2.75) is 37.3 Å². The van der Waals surface area contributed by atoms with E-state index in [9.17, 15) is 4.39 Å². The fraction of sp³-hybridized carbons (Fsp3) is 0.600. The smallest absolute Gasteiger partial charge is 0.222 e. The molecular formula is C10H14ClFN4. The van der Waals surface area contributed by atoms with Crippen molar-refractivity contribution in [1.82, 2.24) is 9.97 Å². The summed E-state index contributed by atoms with van der Waals surface area (Å²) in [5.74, 6) is -0.513. The molecule has 1 aliphatic carbocycles. The molecule has 1 aromatic rings. The topological polar surface area (TPSA) is 77.8 Å². The molecule has 6 heteroatoms. The first-order valence-electron chi connectivity index (χ1n) is 5.24. The van der Waals surface area contributed by atoms with E-state index in [0.29, 0.717) is 12.8 Å². The number of halogens is 2. The number of nitrogens with two attached hydrogens (primary N) is 2. The Morgan fingerprint density at radius 1 is 1.56 bits per heavy atom. The third kappa shape index (κ3) is 2.16. The number of hydrogen-bond donors (Lipinski definition) is 2. The summed E-state index contributed by atoms with van der Waals surface area (Å²) in [6.45, 7) is 0. The number of aromatic nitrogens is 2. The van der Waals surface area contributed by atoms with E-state index in [0.717, 1.165) is 19.0 Å². The van der Waals surface area contributed by atoms with Crippen molar-refractivity contribution >= 4 is 11.6 Å². The average Bonchev–Trinajstić information content (AvgIpc) is 2.21. The molecule has 0 spiro atoms. The lowest BCUT2D eigenvalue weighted by Gasteiger charge is -2.36. The standard InChI is InChI=1S/C10H14ClFN4/c11-9-15-5-7(12)8(16-9)10(14)3-1-2-6(13)4-10/h5-6H,1-4,13-14H2. The fourth-order valence-electron chi connectivity index (χ4n) is 2.26. The van der Waals surface area contributed by atoms with Crippen LogP contribution in [0.2, 0.25) is 5.28 Å². The summed E-state index contributed by atoms with van der Waals surface area (Å²) in [5, 5.41) is 0.0142. The molecule has 88 valence electrons. The molecule has 2 atom stereocenters. The van der Waals surface area contributed by atoms with Gasteiger partial charge in [-0.25, -0.2) is 14.4 Å². The summed E-state index contributed by atoms with van der Waals surface area (Å²) in [6.07, 6.45) is 4.04. The molecule has 0 amide bonds. The minimum atomic E-state index is -0.811. The first-order chi connectivity index (χ1) is 7.51. The first-order valence-corrected chi connectivity index (χ1v) is 5.62.